The van der Waals surface area contributed by atoms with Crippen LogP contribution in [0.4, 0.5) is 4.79 Å². The Morgan fingerprint density at radius 2 is 1.62 bits per heavy atom. The summed E-state index contributed by atoms with van der Waals surface area (Å²) >= 11 is 0. The first-order valence-electron chi connectivity index (χ1n) is 11.0. The van der Waals surface area contributed by atoms with Gasteiger partial charge in [-0.15, -0.1) is 0 Å². The van der Waals surface area contributed by atoms with Crippen molar-refractivity contribution in [1.82, 2.24) is 21.3 Å². The number of benzene rings is 2. The third-order valence-corrected chi connectivity index (χ3v) is 5.63. The molecule has 1 aliphatic rings. The zero-order valence-electron chi connectivity index (χ0n) is 18.6. The molecule has 9 nitrogen and oxygen atoms in total. The Kier molecular flexibility index (Phi) is 8.20. The van der Waals surface area contributed by atoms with Crippen molar-refractivity contribution in [2.45, 2.75) is 36.8 Å². The summed E-state index contributed by atoms with van der Waals surface area (Å²) in [5.74, 6) is -0.948. The zero-order chi connectivity index (χ0) is 24.4. The van der Waals surface area contributed by atoms with Crippen LogP contribution in [0.1, 0.15) is 36.3 Å². The molecule has 2 aromatic rings. The van der Waals surface area contributed by atoms with Crippen LogP contribution in [-0.2, 0) is 15.1 Å². The van der Waals surface area contributed by atoms with Crippen LogP contribution in [0.3, 0.4) is 0 Å². The Morgan fingerprint density at radius 3 is 2.26 bits per heavy atom. The number of carbonyl (C=O) groups excluding carboxylic acids is 3. The van der Waals surface area contributed by atoms with Gasteiger partial charge in [0, 0.05) is 18.5 Å². The highest BCUT2D eigenvalue weighted by atomic mass is 16.2. The fourth-order valence-corrected chi connectivity index (χ4v) is 3.78. The fourth-order valence-electron chi connectivity index (χ4n) is 3.78. The average molecular weight is 459 g/mol. The highest BCUT2D eigenvalue weighted by molar-refractivity contribution is 5.93. The molecule has 0 radical (unpaired) electrons. The topological polar surface area (TPSA) is 147 Å². The number of hydrogen-bond donors (Lipinski definition) is 4. The Bertz CT molecular complexity index is 1090. The van der Waals surface area contributed by atoms with E-state index < -0.39 is 23.4 Å². The van der Waals surface area contributed by atoms with Crippen LogP contribution in [0.5, 0.6) is 0 Å². The van der Waals surface area contributed by atoms with E-state index in [1.54, 1.807) is 36.4 Å². The van der Waals surface area contributed by atoms with E-state index in [2.05, 4.69) is 21.3 Å². The van der Waals surface area contributed by atoms with Crippen LogP contribution in [-0.4, -0.2) is 37.0 Å². The molecule has 0 spiro atoms. The van der Waals surface area contributed by atoms with Crippen LogP contribution in [0, 0.1) is 22.7 Å². The molecule has 4 amide bonds. The van der Waals surface area contributed by atoms with Gasteiger partial charge >= 0.3 is 6.03 Å². The molecule has 0 saturated heterocycles. The first-order valence-corrected chi connectivity index (χ1v) is 11.0. The second-order valence-corrected chi connectivity index (χ2v) is 8.00. The van der Waals surface area contributed by atoms with Crippen molar-refractivity contribution >= 4 is 17.8 Å². The standard InChI is InChI=1S/C25H26N6O3/c26-13-7-15-28-23(33)25(17-29-22(32)12-14-27,19-10-5-2-6-11-19)31-24(34)30-21-16-20(21)18-8-3-1-4-9-18/h1-6,8-11,20-21H,7,12,15-17H2,(H,28,33)(H,29,32)(H2,30,31,34). The van der Waals surface area contributed by atoms with E-state index in [1.165, 1.54) is 0 Å². The van der Waals surface area contributed by atoms with Crippen molar-refractivity contribution in [3.63, 3.8) is 0 Å². The minimum Gasteiger partial charge on any atom is -0.353 e. The van der Waals surface area contributed by atoms with Crippen LogP contribution in [0.25, 0.3) is 0 Å². The van der Waals surface area contributed by atoms with Gasteiger partial charge in [-0.05, 0) is 17.5 Å². The number of nitriles is 2. The SMILES string of the molecule is N#CCCNC(=O)C(CNC(=O)CC#N)(NC(=O)NC1CC1c1ccccc1)c1ccccc1. The van der Waals surface area contributed by atoms with Crippen molar-refractivity contribution in [3.8, 4) is 12.1 Å². The zero-order valence-corrected chi connectivity index (χ0v) is 18.6. The monoisotopic (exact) mass is 458 g/mol. The Labute approximate surface area is 198 Å². The van der Waals surface area contributed by atoms with Crippen LogP contribution >= 0.6 is 0 Å². The van der Waals surface area contributed by atoms with Gasteiger partial charge < -0.3 is 21.3 Å². The molecular formula is C25H26N6O3. The summed E-state index contributed by atoms with van der Waals surface area (Å²) in [5.41, 5.74) is -0.0735. The molecule has 3 unspecified atom stereocenters. The van der Waals surface area contributed by atoms with Gasteiger partial charge in [-0.1, -0.05) is 60.7 Å². The first kappa shape index (κ1) is 24.3. The van der Waals surface area contributed by atoms with Crippen molar-refractivity contribution in [3.05, 3.63) is 71.8 Å². The molecule has 0 aromatic heterocycles. The molecule has 0 heterocycles. The second kappa shape index (κ2) is 11.5. The van der Waals surface area contributed by atoms with Gasteiger partial charge in [0.15, 0.2) is 5.54 Å². The van der Waals surface area contributed by atoms with Crippen LogP contribution in [0.2, 0.25) is 0 Å². The lowest BCUT2D eigenvalue weighted by Crippen LogP contribution is -2.63. The molecular weight excluding hydrogens is 432 g/mol. The summed E-state index contributed by atoms with van der Waals surface area (Å²) < 4.78 is 0. The number of hydrogen-bond acceptors (Lipinski definition) is 5. The number of amides is 4. The van der Waals surface area contributed by atoms with Gasteiger partial charge in [-0.3, -0.25) is 9.59 Å². The molecule has 1 saturated carbocycles. The summed E-state index contributed by atoms with van der Waals surface area (Å²) in [6.45, 7) is -0.186. The molecule has 0 bridgehead atoms. The van der Waals surface area contributed by atoms with E-state index in [1.807, 2.05) is 36.4 Å². The number of rotatable bonds is 10. The lowest BCUT2D eigenvalue weighted by atomic mass is 9.88. The van der Waals surface area contributed by atoms with Gasteiger partial charge in [0.05, 0.1) is 25.1 Å². The van der Waals surface area contributed by atoms with Gasteiger partial charge in [0.1, 0.15) is 6.42 Å². The molecule has 34 heavy (non-hydrogen) atoms. The van der Waals surface area contributed by atoms with E-state index in [0.717, 1.165) is 12.0 Å². The average Bonchev–Trinajstić information content (AvgIpc) is 3.62. The van der Waals surface area contributed by atoms with Gasteiger partial charge in [0.25, 0.3) is 5.91 Å². The van der Waals surface area contributed by atoms with Gasteiger partial charge in [0.2, 0.25) is 5.91 Å². The summed E-state index contributed by atoms with van der Waals surface area (Å²) in [7, 11) is 0. The van der Waals surface area contributed by atoms with E-state index in [-0.39, 0.29) is 37.9 Å². The van der Waals surface area contributed by atoms with E-state index in [9.17, 15) is 14.4 Å². The number of carbonyl (C=O) groups is 3. The molecule has 3 atom stereocenters. The second-order valence-electron chi connectivity index (χ2n) is 8.00. The predicted octanol–water partition coefficient (Wildman–Crippen LogP) is 1.80. The van der Waals surface area contributed by atoms with Gasteiger partial charge in [-0.2, -0.15) is 10.5 Å². The fraction of sp³-hybridized carbons (Fsp3) is 0.320. The molecule has 1 fully saturated rings. The smallest absolute Gasteiger partial charge is 0.316 e. The molecule has 174 valence electrons. The predicted molar refractivity (Wildman–Crippen MR) is 124 cm³/mol. The molecule has 0 aliphatic heterocycles. The van der Waals surface area contributed by atoms with E-state index in [0.29, 0.717) is 5.56 Å². The molecule has 2 aromatic carbocycles. The van der Waals surface area contributed by atoms with E-state index >= 15 is 0 Å². The lowest BCUT2D eigenvalue weighted by molar-refractivity contribution is -0.128. The highest BCUT2D eigenvalue weighted by Crippen LogP contribution is 2.40. The number of nitrogens with zero attached hydrogens (tertiary/aromatic N) is 2. The maximum atomic E-state index is 13.4. The Morgan fingerprint density at radius 1 is 0.941 bits per heavy atom. The molecule has 3 rings (SSSR count). The summed E-state index contributed by atoms with van der Waals surface area (Å²) in [4.78, 5) is 38.4. The number of urea groups is 1. The van der Waals surface area contributed by atoms with Crippen LogP contribution < -0.4 is 21.3 Å². The minimum absolute atomic E-state index is 0.0781. The number of nitrogens with one attached hydrogen (secondary N) is 4. The van der Waals surface area contributed by atoms with Crippen molar-refractivity contribution < 1.29 is 14.4 Å². The van der Waals surface area contributed by atoms with Crippen molar-refractivity contribution in [2.24, 2.45) is 0 Å². The van der Waals surface area contributed by atoms with Crippen molar-refractivity contribution in [1.29, 1.82) is 10.5 Å². The molecule has 9 heteroatoms. The lowest BCUT2D eigenvalue weighted by Gasteiger charge is -2.34. The maximum absolute atomic E-state index is 13.4. The largest absolute Gasteiger partial charge is 0.353 e. The third-order valence-electron chi connectivity index (χ3n) is 5.63. The molecule has 4 N–H and O–H groups in total. The summed E-state index contributed by atoms with van der Waals surface area (Å²) in [6.07, 6.45) is 0.488. The van der Waals surface area contributed by atoms with Crippen LogP contribution in [0.15, 0.2) is 60.7 Å². The maximum Gasteiger partial charge on any atom is 0.316 e. The minimum atomic E-state index is -1.65. The highest BCUT2D eigenvalue weighted by Gasteiger charge is 2.44. The third kappa shape index (κ3) is 6.11. The summed E-state index contributed by atoms with van der Waals surface area (Å²) in [5, 5.41) is 28.6. The van der Waals surface area contributed by atoms with Crippen molar-refractivity contribution in [2.75, 3.05) is 13.1 Å². The normalized spacial score (nSPS) is 17.7. The Balaban J connectivity index is 1.82. The first-order chi connectivity index (χ1) is 16.5. The van der Waals surface area contributed by atoms with E-state index in [4.69, 9.17) is 10.5 Å². The quantitative estimate of drug-likeness (QED) is 0.401. The van der Waals surface area contributed by atoms with Gasteiger partial charge in [-0.25, -0.2) is 4.79 Å². The summed E-state index contributed by atoms with van der Waals surface area (Å²) in [6, 6.07) is 21.5. The Hall–Kier alpha value is -4.37. The molecule has 1 aliphatic carbocycles.